The first-order valence-corrected chi connectivity index (χ1v) is 10.1. The topological polar surface area (TPSA) is 95.9 Å². The van der Waals surface area contributed by atoms with E-state index in [-0.39, 0.29) is 11.9 Å². The van der Waals surface area contributed by atoms with Crippen LogP contribution in [0.5, 0.6) is 0 Å². The normalized spacial score (nSPS) is 20.4. The Balaban J connectivity index is 1.28. The summed E-state index contributed by atoms with van der Waals surface area (Å²) in [6, 6.07) is 13.4. The van der Waals surface area contributed by atoms with Gasteiger partial charge in [0.05, 0.1) is 6.54 Å². The number of pyridine rings is 1. The van der Waals surface area contributed by atoms with Gasteiger partial charge in [-0.25, -0.2) is 4.79 Å². The van der Waals surface area contributed by atoms with Crippen LogP contribution in [0.4, 0.5) is 4.79 Å². The fraction of sp³-hybridized carbons (Fsp3) is 0.364. The predicted molar refractivity (Wildman–Crippen MR) is 111 cm³/mol. The molecule has 8 heteroatoms. The number of carbonyl (C=O) groups excluding carboxylic acids is 2. The number of aromatic nitrogens is 1. The fourth-order valence-electron chi connectivity index (χ4n) is 3.81. The van der Waals surface area contributed by atoms with E-state index in [1.165, 1.54) is 0 Å². The predicted octanol–water partition coefficient (Wildman–Crippen LogP) is 2.22. The molecule has 1 atom stereocenters. The third-order valence-electron chi connectivity index (χ3n) is 5.39. The van der Waals surface area contributed by atoms with Crippen LogP contribution in [-0.2, 0) is 22.7 Å². The third-order valence-corrected chi connectivity index (χ3v) is 5.39. The van der Waals surface area contributed by atoms with Crippen LogP contribution in [0.2, 0.25) is 0 Å². The summed E-state index contributed by atoms with van der Waals surface area (Å²) in [6.07, 6.45) is 5.36. The highest BCUT2D eigenvalue weighted by atomic mass is 16.7. The van der Waals surface area contributed by atoms with Gasteiger partial charge in [-0.3, -0.25) is 9.78 Å². The van der Waals surface area contributed by atoms with Crippen molar-refractivity contribution in [1.29, 1.82) is 0 Å². The molecule has 0 radical (unpaired) electrons. The maximum Gasteiger partial charge on any atom is 0.317 e. The first-order chi connectivity index (χ1) is 14.6. The molecule has 1 aromatic heterocycles. The van der Waals surface area contributed by atoms with Crippen molar-refractivity contribution in [3.8, 4) is 0 Å². The van der Waals surface area contributed by atoms with Crippen LogP contribution in [0.1, 0.15) is 30.4 Å². The molecule has 3 amide bonds. The molecule has 0 unspecified atom stereocenters. The molecule has 1 spiro atoms. The van der Waals surface area contributed by atoms with E-state index in [1.54, 1.807) is 17.3 Å². The smallest absolute Gasteiger partial charge is 0.317 e. The number of carbonyl (C=O) groups is 2. The fourth-order valence-corrected chi connectivity index (χ4v) is 3.81. The lowest BCUT2D eigenvalue weighted by Gasteiger charge is -2.38. The minimum Gasteiger partial charge on any atom is -0.386 e. The molecule has 1 aromatic carbocycles. The first-order valence-electron chi connectivity index (χ1n) is 10.1. The molecule has 0 saturated carbocycles. The molecule has 0 aliphatic carbocycles. The highest BCUT2D eigenvalue weighted by molar-refractivity contribution is 6.39. The van der Waals surface area contributed by atoms with E-state index in [4.69, 9.17) is 4.84 Å². The zero-order valence-electron chi connectivity index (χ0n) is 16.7. The Morgan fingerprint density at radius 1 is 1.07 bits per heavy atom. The number of benzene rings is 1. The SMILES string of the molecule is O=C(NCc1cccnc1)C1=NO[C@]2(CCCN(C(=O)NCc3ccccc3)C2)C1. The van der Waals surface area contributed by atoms with E-state index in [0.717, 1.165) is 24.0 Å². The van der Waals surface area contributed by atoms with Crippen LogP contribution in [0.3, 0.4) is 0 Å². The van der Waals surface area contributed by atoms with E-state index in [0.29, 0.717) is 38.3 Å². The summed E-state index contributed by atoms with van der Waals surface area (Å²) < 4.78 is 0. The lowest BCUT2D eigenvalue weighted by molar-refractivity contribution is -0.115. The van der Waals surface area contributed by atoms with Gasteiger partial charge < -0.3 is 20.4 Å². The number of oxime groups is 1. The lowest BCUT2D eigenvalue weighted by Crippen LogP contribution is -2.53. The van der Waals surface area contributed by atoms with Crippen molar-refractivity contribution in [2.24, 2.45) is 5.16 Å². The van der Waals surface area contributed by atoms with Crippen LogP contribution < -0.4 is 10.6 Å². The van der Waals surface area contributed by atoms with E-state index in [1.807, 2.05) is 42.5 Å². The molecule has 8 nitrogen and oxygen atoms in total. The van der Waals surface area contributed by atoms with Crippen LogP contribution >= 0.6 is 0 Å². The molecule has 2 aliphatic rings. The van der Waals surface area contributed by atoms with Crippen molar-refractivity contribution in [1.82, 2.24) is 20.5 Å². The third kappa shape index (κ3) is 4.76. The van der Waals surface area contributed by atoms with Crippen LogP contribution in [0, 0.1) is 0 Å². The Kier molecular flexibility index (Phi) is 5.92. The van der Waals surface area contributed by atoms with Gasteiger partial charge in [-0.1, -0.05) is 41.6 Å². The quantitative estimate of drug-likeness (QED) is 0.794. The van der Waals surface area contributed by atoms with Gasteiger partial charge in [-0.2, -0.15) is 0 Å². The van der Waals surface area contributed by atoms with Crippen LogP contribution in [-0.4, -0.2) is 46.2 Å². The van der Waals surface area contributed by atoms with Crippen molar-refractivity contribution in [2.45, 2.75) is 38.0 Å². The minimum absolute atomic E-state index is 0.129. The zero-order valence-corrected chi connectivity index (χ0v) is 16.7. The summed E-state index contributed by atoms with van der Waals surface area (Å²) in [4.78, 5) is 36.6. The van der Waals surface area contributed by atoms with Crippen molar-refractivity contribution < 1.29 is 14.4 Å². The minimum atomic E-state index is -0.622. The monoisotopic (exact) mass is 407 g/mol. The maximum atomic E-state index is 12.6. The Morgan fingerprint density at radius 2 is 1.87 bits per heavy atom. The molecule has 0 bridgehead atoms. The van der Waals surface area contributed by atoms with Crippen molar-refractivity contribution >= 4 is 17.6 Å². The van der Waals surface area contributed by atoms with Gasteiger partial charge in [0.1, 0.15) is 5.71 Å². The van der Waals surface area contributed by atoms with Gasteiger partial charge in [-0.15, -0.1) is 0 Å². The van der Waals surface area contributed by atoms with E-state index >= 15 is 0 Å². The Bertz CT molecular complexity index is 919. The number of nitrogens with one attached hydrogen (secondary N) is 2. The van der Waals surface area contributed by atoms with Gasteiger partial charge in [0.2, 0.25) is 0 Å². The van der Waals surface area contributed by atoms with Crippen molar-refractivity contribution in [3.63, 3.8) is 0 Å². The van der Waals surface area contributed by atoms with Crippen molar-refractivity contribution in [2.75, 3.05) is 13.1 Å². The molecule has 1 saturated heterocycles. The number of hydrogen-bond donors (Lipinski definition) is 2. The van der Waals surface area contributed by atoms with E-state index in [9.17, 15) is 9.59 Å². The Hall–Kier alpha value is -3.42. The van der Waals surface area contributed by atoms with Gasteiger partial charge >= 0.3 is 6.03 Å². The average Bonchev–Trinajstić information content (AvgIpc) is 3.20. The summed E-state index contributed by atoms with van der Waals surface area (Å²) in [5.74, 6) is -0.249. The Morgan fingerprint density at radius 3 is 2.67 bits per heavy atom. The summed E-state index contributed by atoms with van der Waals surface area (Å²) in [7, 11) is 0. The summed E-state index contributed by atoms with van der Waals surface area (Å²) in [6.45, 7) is 1.93. The number of amides is 3. The van der Waals surface area contributed by atoms with Crippen LogP contribution in [0.25, 0.3) is 0 Å². The molecule has 2 aromatic rings. The number of likely N-dealkylation sites (tertiary alicyclic amines) is 1. The summed E-state index contributed by atoms with van der Waals surface area (Å²) >= 11 is 0. The Labute approximate surface area is 175 Å². The second kappa shape index (κ2) is 8.94. The molecule has 2 aliphatic heterocycles. The molecule has 2 N–H and O–H groups in total. The van der Waals surface area contributed by atoms with Gasteiger partial charge in [0.15, 0.2) is 5.60 Å². The number of hydrogen-bond acceptors (Lipinski definition) is 5. The highest BCUT2D eigenvalue weighted by Gasteiger charge is 2.45. The second-order valence-corrected chi connectivity index (χ2v) is 7.70. The van der Waals surface area contributed by atoms with Gasteiger partial charge in [-0.05, 0) is 30.0 Å². The molecule has 1 fully saturated rings. The maximum absolute atomic E-state index is 12.6. The number of nitrogens with zero attached hydrogens (tertiary/aromatic N) is 3. The highest BCUT2D eigenvalue weighted by Crippen LogP contribution is 2.33. The largest absolute Gasteiger partial charge is 0.386 e. The first kappa shape index (κ1) is 19.9. The summed E-state index contributed by atoms with van der Waals surface area (Å²) in [5.41, 5.74) is 1.71. The van der Waals surface area contributed by atoms with Gasteiger partial charge in [0, 0.05) is 38.4 Å². The molecule has 3 heterocycles. The van der Waals surface area contributed by atoms with E-state index < -0.39 is 5.60 Å². The lowest BCUT2D eigenvalue weighted by atomic mass is 9.88. The second-order valence-electron chi connectivity index (χ2n) is 7.70. The number of rotatable bonds is 5. The summed E-state index contributed by atoms with van der Waals surface area (Å²) in [5, 5.41) is 9.85. The van der Waals surface area contributed by atoms with Crippen LogP contribution in [0.15, 0.2) is 60.0 Å². The molecular formula is C22H25N5O3. The number of piperidine rings is 1. The molecule has 4 rings (SSSR count). The van der Waals surface area contributed by atoms with E-state index in [2.05, 4.69) is 20.8 Å². The number of urea groups is 1. The van der Waals surface area contributed by atoms with Crippen molar-refractivity contribution in [3.05, 3.63) is 66.0 Å². The molecule has 156 valence electrons. The molecular weight excluding hydrogens is 382 g/mol. The average molecular weight is 407 g/mol. The van der Waals surface area contributed by atoms with Gasteiger partial charge in [0.25, 0.3) is 5.91 Å². The molecule has 30 heavy (non-hydrogen) atoms. The standard InChI is InChI=1S/C22H25N5O3/c28-20(24-15-18-8-4-10-23-13-18)19-12-22(30-26-19)9-5-11-27(16-22)21(29)25-14-17-6-2-1-3-7-17/h1-4,6-8,10,13H,5,9,11-12,14-16H2,(H,24,28)(H,25,29)/t22-/m1/s1. The zero-order chi connectivity index (χ0) is 20.8.